The van der Waals surface area contributed by atoms with E-state index in [0.717, 1.165) is 0 Å². The molecule has 0 radical (unpaired) electrons. The number of rotatable bonds is 3. The van der Waals surface area contributed by atoms with Crippen LogP contribution in [0, 0.1) is 0 Å². The zero-order valence-electron chi connectivity index (χ0n) is 8.47. The Bertz CT molecular complexity index is 339. The molecule has 5 N–H and O–H groups in total. The summed E-state index contributed by atoms with van der Waals surface area (Å²) in [4.78, 5) is 0. The van der Waals surface area contributed by atoms with Crippen molar-refractivity contribution in [1.29, 1.82) is 0 Å². The van der Waals surface area contributed by atoms with Crippen LogP contribution in [0.4, 0.5) is 17.1 Å². The van der Waals surface area contributed by atoms with Crippen molar-refractivity contribution in [3.05, 3.63) is 6.07 Å². The number of nitrogens with one attached hydrogen (secondary N) is 3. The molecule has 5 nitrogen and oxygen atoms in total. The van der Waals surface area contributed by atoms with Crippen LogP contribution in [0.15, 0.2) is 6.07 Å². The summed E-state index contributed by atoms with van der Waals surface area (Å²) in [6.45, 7) is 0. The second-order valence-corrected chi connectivity index (χ2v) is 2.79. The molecule has 0 atom stereocenters. The van der Waals surface area contributed by atoms with Crippen LogP contribution < -0.4 is 16.0 Å². The van der Waals surface area contributed by atoms with Crippen LogP contribution in [-0.4, -0.2) is 31.4 Å². The number of hydrogen-bond donors (Lipinski definition) is 5. The molecule has 0 heterocycles. The summed E-state index contributed by atoms with van der Waals surface area (Å²) in [6.07, 6.45) is 0. The van der Waals surface area contributed by atoms with Crippen LogP contribution in [0.5, 0.6) is 11.5 Å². The Morgan fingerprint density at radius 2 is 1.50 bits per heavy atom. The maximum absolute atomic E-state index is 9.75. The fourth-order valence-electron chi connectivity index (χ4n) is 1.35. The molecule has 5 heteroatoms. The molecule has 0 unspecified atom stereocenters. The lowest BCUT2D eigenvalue weighted by molar-refractivity contribution is 0.466. The third-order valence-corrected chi connectivity index (χ3v) is 2.05. The molecule has 0 aliphatic rings. The Morgan fingerprint density at radius 3 is 1.93 bits per heavy atom. The fourth-order valence-corrected chi connectivity index (χ4v) is 1.35. The monoisotopic (exact) mass is 197 g/mol. The molecule has 0 spiro atoms. The zero-order valence-corrected chi connectivity index (χ0v) is 8.47. The molecule has 78 valence electrons. The largest absolute Gasteiger partial charge is 0.506 e. The Kier molecular flexibility index (Phi) is 2.91. The summed E-state index contributed by atoms with van der Waals surface area (Å²) in [5.74, 6) is 0.163. The van der Waals surface area contributed by atoms with Crippen LogP contribution in [0.3, 0.4) is 0 Å². The Hall–Kier alpha value is -1.78. The van der Waals surface area contributed by atoms with Crippen LogP contribution in [0.1, 0.15) is 0 Å². The predicted molar refractivity (Wildman–Crippen MR) is 58.4 cm³/mol. The minimum Gasteiger partial charge on any atom is -0.506 e. The second kappa shape index (κ2) is 3.95. The average Bonchev–Trinajstić information content (AvgIpc) is 2.20. The van der Waals surface area contributed by atoms with E-state index in [1.54, 1.807) is 21.1 Å². The minimum atomic E-state index is 0.0807. The van der Waals surface area contributed by atoms with Gasteiger partial charge in [-0.1, -0.05) is 0 Å². The van der Waals surface area contributed by atoms with Gasteiger partial charge in [0.05, 0.1) is 5.69 Å². The highest BCUT2D eigenvalue weighted by molar-refractivity contribution is 5.87. The fraction of sp³-hybridized carbons (Fsp3) is 0.333. The molecule has 0 saturated heterocycles. The number of phenols is 2. The van der Waals surface area contributed by atoms with Crippen molar-refractivity contribution >= 4 is 17.1 Å². The lowest BCUT2D eigenvalue weighted by atomic mass is 10.2. The number of aromatic hydroxyl groups is 2. The van der Waals surface area contributed by atoms with E-state index < -0.39 is 0 Å². The molecule has 1 rings (SSSR count). The smallest absolute Gasteiger partial charge is 0.164 e. The van der Waals surface area contributed by atoms with Gasteiger partial charge >= 0.3 is 0 Å². The van der Waals surface area contributed by atoms with Gasteiger partial charge in [-0.3, -0.25) is 0 Å². The van der Waals surface area contributed by atoms with Crippen LogP contribution in [0.25, 0.3) is 0 Å². The predicted octanol–water partition coefficient (Wildman–Crippen LogP) is 1.22. The molecule has 0 fully saturated rings. The number of benzene rings is 1. The van der Waals surface area contributed by atoms with E-state index in [4.69, 9.17) is 0 Å². The topological polar surface area (TPSA) is 76.5 Å². The minimum absolute atomic E-state index is 0.0807. The third kappa shape index (κ3) is 1.48. The van der Waals surface area contributed by atoms with Crippen molar-refractivity contribution in [2.24, 2.45) is 0 Å². The van der Waals surface area contributed by atoms with Crippen LogP contribution in [0.2, 0.25) is 0 Å². The third-order valence-electron chi connectivity index (χ3n) is 2.05. The van der Waals surface area contributed by atoms with Crippen molar-refractivity contribution in [3.8, 4) is 11.5 Å². The van der Waals surface area contributed by atoms with Crippen molar-refractivity contribution in [2.45, 2.75) is 0 Å². The van der Waals surface area contributed by atoms with Crippen molar-refractivity contribution in [3.63, 3.8) is 0 Å². The Morgan fingerprint density at radius 1 is 0.929 bits per heavy atom. The first-order valence-electron chi connectivity index (χ1n) is 4.27. The van der Waals surface area contributed by atoms with Gasteiger partial charge in [0.25, 0.3) is 0 Å². The molecule has 0 aliphatic heterocycles. The van der Waals surface area contributed by atoms with Gasteiger partial charge in [-0.15, -0.1) is 0 Å². The first-order valence-corrected chi connectivity index (χ1v) is 4.27. The summed E-state index contributed by atoms with van der Waals surface area (Å²) in [5, 5.41) is 27.8. The summed E-state index contributed by atoms with van der Waals surface area (Å²) in [7, 11) is 5.02. The van der Waals surface area contributed by atoms with Crippen molar-refractivity contribution in [2.75, 3.05) is 37.1 Å². The molecule has 1 aromatic carbocycles. The van der Waals surface area contributed by atoms with Crippen molar-refractivity contribution < 1.29 is 10.2 Å². The molecule has 0 saturated carbocycles. The van der Waals surface area contributed by atoms with Gasteiger partial charge < -0.3 is 26.2 Å². The lowest BCUT2D eigenvalue weighted by Gasteiger charge is -2.15. The molecule has 1 aromatic rings. The summed E-state index contributed by atoms with van der Waals surface area (Å²) in [6, 6.07) is 1.46. The van der Waals surface area contributed by atoms with Crippen molar-refractivity contribution in [1.82, 2.24) is 0 Å². The molecule has 0 amide bonds. The first-order chi connectivity index (χ1) is 6.65. The number of phenolic OH excluding ortho intramolecular Hbond substituents is 2. The maximum Gasteiger partial charge on any atom is 0.164 e. The van der Waals surface area contributed by atoms with E-state index in [1.807, 2.05) is 0 Å². The number of hydrogen-bond acceptors (Lipinski definition) is 5. The standard InChI is InChI=1S/C9H15N3O2/c1-10-5-4-6(13)7(11-2)8(12-3)9(5)14/h4,10-14H,1-3H3. The molecular weight excluding hydrogens is 182 g/mol. The molecule has 0 bridgehead atoms. The van der Waals surface area contributed by atoms with E-state index in [9.17, 15) is 10.2 Å². The molecule has 14 heavy (non-hydrogen) atoms. The summed E-state index contributed by atoms with van der Waals surface area (Å²) in [5.41, 5.74) is 1.42. The zero-order chi connectivity index (χ0) is 10.7. The van der Waals surface area contributed by atoms with E-state index in [2.05, 4.69) is 16.0 Å². The SMILES string of the molecule is CNc1cc(O)c(NC)c(NC)c1O. The summed E-state index contributed by atoms with van der Waals surface area (Å²) >= 11 is 0. The van der Waals surface area contributed by atoms with Gasteiger partial charge in [0.2, 0.25) is 0 Å². The van der Waals surface area contributed by atoms with Gasteiger partial charge in [-0.2, -0.15) is 0 Å². The van der Waals surface area contributed by atoms with Crippen LogP contribution in [-0.2, 0) is 0 Å². The Balaban J connectivity index is 3.40. The van der Waals surface area contributed by atoms with Gasteiger partial charge in [-0.05, 0) is 0 Å². The van der Waals surface area contributed by atoms with Gasteiger partial charge in [-0.25, -0.2) is 0 Å². The highest BCUT2D eigenvalue weighted by Crippen LogP contribution is 2.43. The normalized spacial score (nSPS) is 9.64. The molecule has 0 aliphatic carbocycles. The van der Waals surface area contributed by atoms with E-state index in [1.165, 1.54) is 6.07 Å². The second-order valence-electron chi connectivity index (χ2n) is 2.79. The lowest BCUT2D eigenvalue weighted by Crippen LogP contribution is -2.00. The Labute approximate surface area is 82.8 Å². The van der Waals surface area contributed by atoms with E-state index in [-0.39, 0.29) is 11.5 Å². The molecule has 0 aromatic heterocycles. The highest BCUT2D eigenvalue weighted by atomic mass is 16.3. The first kappa shape index (κ1) is 10.3. The quantitative estimate of drug-likeness (QED) is 0.372. The maximum atomic E-state index is 9.75. The van der Waals surface area contributed by atoms with Gasteiger partial charge in [0.1, 0.15) is 17.1 Å². The van der Waals surface area contributed by atoms with Crippen LogP contribution >= 0.6 is 0 Å². The summed E-state index contributed by atoms with van der Waals surface area (Å²) < 4.78 is 0. The average molecular weight is 197 g/mol. The van der Waals surface area contributed by atoms with Gasteiger partial charge in [0, 0.05) is 27.2 Å². The molecular formula is C9H15N3O2. The van der Waals surface area contributed by atoms with E-state index >= 15 is 0 Å². The van der Waals surface area contributed by atoms with Gasteiger partial charge in [0.15, 0.2) is 5.75 Å². The highest BCUT2D eigenvalue weighted by Gasteiger charge is 2.14. The number of anilines is 3. The van der Waals surface area contributed by atoms with E-state index in [0.29, 0.717) is 17.1 Å².